The molecule has 1 aromatic carbocycles. The van der Waals surface area contributed by atoms with Crippen LogP contribution in [0.4, 0.5) is 0 Å². The zero-order chi connectivity index (χ0) is 18.9. The van der Waals surface area contributed by atoms with Gasteiger partial charge in [-0.2, -0.15) is 0 Å². The van der Waals surface area contributed by atoms with Crippen LogP contribution in [0.3, 0.4) is 0 Å². The van der Waals surface area contributed by atoms with E-state index in [1.165, 1.54) is 69.4 Å². The number of aryl methyl sites for hydroxylation is 1. The maximum Gasteiger partial charge on any atom is 0.414 e. The number of carbonyl (C=O) groups is 2. The van der Waals surface area contributed by atoms with E-state index in [4.69, 9.17) is 19.8 Å². The summed E-state index contributed by atoms with van der Waals surface area (Å²) in [6, 6.07) is 9.85. The third kappa shape index (κ3) is 6.77. The summed E-state index contributed by atoms with van der Waals surface area (Å²) in [5.74, 6) is -3.65. The van der Waals surface area contributed by atoms with E-state index < -0.39 is 11.9 Å². The van der Waals surface area contributed by atoms with Gasteiger partial charge in [-0.15, -0.1) is 0 Å². The Kier molecular flexibility index (Phi) is 8.06. The van der Waals surface area contributed by atoms with Crippen molar-refractivity contribution in [2.75, 3.05) is 26.2 Å². The average Bonchev–Trinajstić information content (AvgIpc) is 2.63. The molecule has 0 amide bonds. The molecule has 0 radical (unpaired) electrons. The molecular formula is C20H30N2O4. The van der Waals surface area contributed by atoms with Gasteiger partial charge >= 0.3 is 11.9 Å². The molecule has 3 rings (SSSR count). The molecule has 2 N–H and O–H groups in total. The van der Waals surface area contributed by atoms with E-state index >= 15 is 0 Å². The van der Waals surface area contributed by atoms with E-state index in [1.54, 1.807) is 0 Å². The van der Waals surface area contributed by atoms with Gasteiger partial charge in [0.15, 0.2) is 0 Å². The van der Waals surface area contributed by atoms with E-state index in [9.17, 15) is 0 Å². The van der Waals surface area contributed by atoms with Gasteiger partial charge in [0.25, 0.3) is 0 Å². The van der Waals surface area contributed by atoms with Crippen LogP contribution in [0.25, 0.3) is 0 Å². The fraction of sp³-hybridized carbons (Fsp3) is 0.600. The smallest absolute Gasteiger partial charge is 0.414 e. The Morgan fingerprint density at radius 3 is 2.15 bits per heavy atom. The first kappa shape index (κ1) is 20.4. The van der Waals surface area contributed by atoms with Gasteiger partial charge in [-0.3, -0.25) is 9.80 Å². The van der Waals surface area contributed by atoms with Crippen molar-refractivity contribution in [3.8, 4) is 0 Å². The molecule has 1 saturated heterocycles. The highest BCUT2D eigenvalue weighted by Gasteiger charge is 2.24. The molecule has 6 heteroatoms. The van der Waals surface area contributed by atoms with E-state index in [1.807, 2.05) is 0 Å². The number of nitrogens with zero attached hydrogens (tertiary/aromatic N) is 2. The highest BCUT2D eigenvalue weighted by Crippen LogP contribution is 2.23. The van der Waals surface area contributed by atoms with Crippen molar-refractivity contribution in [2.24, 2.45) is 0 Å². The van der Waals surface area contributed by atoms with Gasteiger partial charge in [0.1, 0.15) is 0 Å². The maximum absolute atomic E-state index is 9.10. The van der Waals surface area contributed by atoms with Crippen LogP contribution in [0.1, 0.15) is 43.2 Å². The predicted octanol–water partition coefficient (Wildman–Crippen LogP) is 2.60. The molecule has 1 aliphatic carbocycles. The summed E-state index contributed by atoms with van der Waals surface area (Å²) in [6.45, 7) is 8.34. The Hall–Kier alpha value is -1.92. The molecule has 26 heavy (non-hydrogen) atoms. The van der Waals surface area contributed by atoms with Crippen LogP contribution >= 0.6 is 0 Å². The topological polar surface area (TPSA) is 81.1 Å². The summed E-state index contributed by atoms with van der Waals surface area (Å²) >= 11 is 0. The van der Waals surface area contributed by atoms with Gasteiger partial charge in [0.05, 0.1) is 0 Å². The number of aliphatic carboxylic acids is 2. The summed E-state index contributed by atoms with van der Waals surface area (Å²) in [4.78, 5) is 23.6. The lowest BCUT2D eigenvalue weighted by molar-refractivity contribution is -0.159. The molecule has 0 unspecified atom stereocenters. The second-order valence-corrected chi connectivity index (χ2v) is 7.20. The maximum atomic E-state index is 9.10. The summed E-state index contributed by atoms with van der Waals surface area (Å²) in [5.41, 5.74) is 2.85. The highest BCUT2D eigenvalue weighted by atomic mass is 16.4. The summed E-state index contributed by atoms with van der Waals surface area (Å²) in [5, 5.41) is 14.8. The largest absolute Gasteiger partial charge is 0.473 e. The standard InChI is InChI=1S/C18H28N2.C2H2O4/c1-16-6-5-7-17(14-16)15-19-10-12-20(13-11-19)18-8-3-2-4-9-18;3-1(4)2(5)6/h5-7,14,18H,2-4,8-13,15H2,1H3;(H,3,4)(H,5,6). The van der Waals surface area contributed by atoms with Crippen LogP contribution in [0, 0.1) is 6.92 Å². The zero-order valence-electron chi connectivity index (χ0n) is 15.6. The second kappa shape index (κ2) is 10.3. The summed E-state index contributed by atoms with van der Waals surface area (Å²) in [6.07, 6.45) is 7.25. The molecule has 6 nitrogen and oxygen atoms in total. The molecule has 2 aliphatic rings. The summed E-state index contributed by atoms with van der Waals surface area (Å²) in [7, 11) is 0. The van der Waals surface area contributed by atoms with Crippen molar-refractivity contribution in [1.29, 1.82) is 0 Å². The Labute approximate surface area is 155 Å². The SMILES string of the molecule is Cc1cccc(CN2CCN(C3CCCCC3)CC2)c1.O=C(O)C(=O)O. The first-order chi connectivity index (χ1) is 12.5. The van der Waals surface area contributed by atoms with Crippen LogP contribution in [0.5, 0.6) is 0 Å². The Bertz CT molecular complexity index is 579. The van der Waals surface area contributed by atoms with Crippen molar-refractivity contribution in [2.45, 2.75) is 51.6 Å². The Balaban J connectivity index is 0.000000352. The molecule has 2 fully saturated rings. The molecule has 0 aromatic heterocycles. The number of carboxylic acids is 2. The lowest BCUT2D eigenvalue weighted by Crippen LogP contribution is -2.50. The van der Waals surface area contributed by atoms with Gasteiger partial charge in [0, 0.05) is 38.8 Å². The highest BCUT2D eigenvalue weighted by molar-refractivity contribution is 6.27. The Morgan fingerprint density at radius 1 is 1.00 bits per heavy atom. The van der Waals surface area contributed by atoms with Gasteiger partial charge < -0.3 is 10.2 Å². The first-order valence-corrected chi connectivity index (χ1v) is 9.44. The normalized spacial score (nSPS) is 19.4. The van der Waals surface area contributed by atoms with Crippen LogP contribution in [0.2, 0.25) is 0 Å². The number of piperazine rings is 1. The first-order valence-electron chi connectivity index (χ1n) is 9.44. The molecule has 0 atom stereocenters. The van der Waals surface area contributed by atoms with Gasteiger partial charge in [-0.25, -0.2) is 9.59 Å². The van der Waals surface area contributed by atoms with Gasteiger partial charge in [-0.1, -0.05) is 49.1 Å². The van der Waals surface area contributed by atoms with Gasteiger partial charge in [-0.05, 0) is 25.3 Å². The third-order valence-electron chi connectivity index (χ3n) is 5.17. The number of hydrogen-bond donors (Lipinski definition) is 2. The second-order valence-electron chi connectivity index (χ2n) is 7.20. The molecule has 0 spiro atoms. The lowest BCUT2D eigenvalue weighted by atomic mass is 9.94. The van der Waals surface area contributed by atoms with Crippen molar-refractivity contribution in [3.05, 3.63) is 35.4 Å². The molecular weight excluding hydrogens is 332 g/mol. The molecule has 1 aliphatic heterocycles. The summed E-state index contributed by atoms with van der Waals surface area (Å²) < 4.78 is 0. The minimum atomic E-state index is -1.82. The van der Waals surface area contributed by atoms with Crippen molar-refractivity contribution in [1.82, 2.24) is 9.80 Å². The van der Waals surface area contributed by atoms with E-state index in [2.05, 4.69) is 41.0 Å². The fourth-order valence-corrected chi connectivity index (χ4v) is 3.80. The van der Waals surface area contributed by atoms with Crippen LogP contribution in [-0.4, -0.2) is 64.2 Å². The predicted molar refractivity (Wildman–Crippen MR) is 100 cm³/mol. The molecule has 144 valence electrons. The molecule has 0 bridgehead atoms. The van der Waals surface area contributed by atoms with E-state index in [-0.39, 0.29) is 0 Å². The van der Waals surface area contributed by atoms with Crippen molar-refractivity contribution < 1.29 is 19.8 Å². The van der Waals surface area contributed by atoms with Crippen LogP contribution < -0.4 is 0 Å². The molecule has 1 aromatic rings. The quantitative estimate of drug-likeness (QED) is 0.805. The molecule has 1 heterocycles. The number of carboxylic acid groups (broad SMARTS) is 2. The third-order valence-corrected chi connectivity index (χ3v) is 5.17. The monoisotopic (exact) mass is 362 g/mol. The average molecular weight is 362 g/mol. The number of benzene rings is 1. The van der Waals surface area contributed by atoms with E-state index in [0.29, 0.717) is 0 Å². The number of hydrogen-bond acceptors (Lipinski definition) is 4. The minimum Gasteiger partial charge on any atom is -0.473 e. The Morgan fingerprint density at radius 2 is 1.62 bits per heavy atom. The zero-order valence-corrected chi connectivity index (χ0v) is 15.6. The molecule has 1 saturated carbocycles. The van der Waals surface area contributed by atoms with E-state index in [0.717, 1.165) is 12.6 Å². The van der Waals surface area contributed by atoms with Crippen LogP contribution in [-0.2, 0) is 16.1 Å². The van der Waals surface area contributed by atoms with Gasteiger partial charge in [0.2, 0.25) is 0 Å². The van der Waals surface area contributed by atoms with Crippen LogP contribution in [0.15, 0.2) is 24.3 Å². The minimum absolute atomic E-state index is 0.893. The number of rotatable bonds is 3. The lowest BCUT2D eigenvalue weighted by Gasteiger charge is -2.40. The van der Waals surface area contributed by atoms with Crippen molar-refractivity contribution in [3.63, 3.8) is 0 Å². The fourth-order valence-electron chi connectivity index (χ4n) is 3.80. The van der Waals surface area contributed by atoms with Crippen molar-refractivity contribution >= 4 is 11.9 Å².